The molecule has 4 rings (SSSR count). The summed E-state index contributed by atoms with van der Waals surface area (Å²) >= 11 is 0. The molecule has 0 saturated heterocycles. The van der Waals surface area contributed by atoms with Crippen molar-refractivity contribution in [1.29, 1.82) is 0 Å². The van der Waals surface area contributed by atoms with E-state index in [0.29, 0.717) is 24.4 Å². The fourth-order valence-electron chi connectivity index (χ4n) is 4.65. The first-order valence-corrected chi connectivity index (χ1v) is 12.2. The average Bonchev–Trinajstić information content (AvgIpc) is 3.14. The summed E-state index contributed by atoms with van der Waals surface area (Å²) in [5, 5.41) is 6.54. The third kappa shape index (κ3) is 5.41. The molecule has 1 N–H and O–H groups in total. The monoisotopic (exact) mass is 504 g/mol. The quantitative estimate of drug-likeness (QED) is 0.274. The fourth-order valence-corrected chi connectivity index (χ4v) is 4.65. The van der Waals surface area contributed by atoms with E-state index in [9.17, 15) is 14.4 Å². The Bertz CT molecular complexity index is 1510. The van der Waals surface area contributed by atoms with E-state index < -0.39 is 5.97 Å². The van der Waals surface area contributed by atoms with Crippen molar-refractivity contribution >= 4 is 50.4 Å². The molecule has 9 nitrogen and oxygen atoms in total. The van der Waals surface area contributed by atoms with Crippen LogP contribution < -0.4 is 10.1 Å². The van der Waals surface area contributed by atoms with Crippen LogP contribution >= 0.6 is 0 Å². The zero-order valence-corrected chi connectivity index (χ0v) is 21.9. The van der Waals surface area contributed by atoms with E-state index in [4.69, 9.17) is 4.74 Å². The van der Waals surface area contributed by atoms with Crippen LogP contribution in [0.25, 0.3) is 32.6 Å². The van der Waals surface area contributed by atoms with Gasteiger partial charge in [0.05, 0.1) is 12.6 Å². The second-order valence-corrected chi connectivity index (χ2v) is 9.35. The highest BCUT2D eigenvalue weighted by Crippen LogP contribution is 2.37. The summed E-state index contributed by atoms with van der Waals surface area (Å²) in [6, 6.07) is 9.45. The maximum absolute atomic E-state index is 13.0. The van der Waals surface area contributed by atoms with Gasteiger partial charge in [-0.05, 0) is 68.7 Å². The number of nitrogens with zero attached hydrogens (tertiary/aromatic N) is 3. The number of aryl methyl sites for hydroxylation is 2. The first-order valence-electron chi connectivity index (χ1n) is 12.2. The van der Waals surface area contributed by atoms with Crippen molar-refractivity contribution in [3.05, 3.63) is 47.8 Å². The topological polar surface area (TPSA) is 103 Å². The van der Waals surface area contributed by atoms with Crippen LogP contribution in [0.3, 0.4) is 0 Å². The Morgan fingerprint density at radius 2 is 1.76 bits per heavy atom. The highest BCUT2D eigenvalue weighted by atomic mass is 16.5. The van der Waals surface area contributed by atoms with Gasteiger partial charge < -0.3 is 24.3 Å². The predicted octanol–water partition coefficient (Wildman–Crippen LogP) is 3.73. The Balaban J connectivity index is 1.71. The van der Waals surface area contributed by atoms with Gasteiger partial charge in [0.25, 0.3) is 5.91 Å². The molecule has 0 aliphatic heterocycles. The second kappa shape index (κ2) is 11.0. The number of hydrogen-bond donors (Lipinski definition) is 1. The van der Waals surface area contributed by atoms with Gasteiger partial charge in [0.15, 0.2) is 0 Å². The summed E-state index contributed by atoms with van der Waals surface area (Å²) in [6.45, 7) is 3.29. The van der Waals surface area contributed by atoms with Crippen LogP contribution in [-0.2, 0) is 21.4 Å². The lowest BCUT2D eigenvalue weighted by Gasteiger charge is -2.12. The molecule has 0 aliphatic carbocycles. The van der Waals surface area contributed by atoms with Gasteiger partial charge in [0.2, 0.25) is 0 Å². The first kappa shape index (κ1) is 26.1. The number of pyridine rings is 1. The summed E-state index contributed by atoms with van der Waals surface area (Å²) < 4.78 is 12.3. The van der Waals surface area contributed by atoms with Crippen LogP contribution in [0, 0.1) is 6.92 Å². The van der Waals surface area contributed by atoms with Gasteiger partial charge in [-0.25, -0.2) is 0 Å². The van der Waals surface area contributed by atoms with Crippen LogP contribution in [0.15, 0.2) is 36.5 Å². The van der Waals surface area contributed by atoms with Gasteiger partial charge in [-0.15, -0.1) is 0 Å². The van der Waals surface area contributed by atoms with Gasteiger partial charge in [0, 0.05) is 60.9 Å². The molecule has 0 saturated carbocycles. The van der Waals surface area contributed by atoms with Crippen molar-refractivity contribution in [1.82, 2.24) is 19.8 Å². The Labute approximate surface area is 215 Å². The fraction of sp³-hybridized carbons (Fsp3) is 0.357. The second-order valence-electron chi connectivity index (χ2n) is 9.35. The van der Waals surface area contributed by atoms with Crippen molar-refractivity contribution < 1.29 is 23.9 Å². The van der Waals surface area contributed by atoms with Crippen molar-refractivity contribution in [3.8, 4) is 5.75 Å². The molecule has 2 aromatic heterocycles. The molecule has 2 aromatic carbocycles. The zero-order chi connectivity index (χ0) is 26.7. The van der Waals surface area contributed by atoms with E-state index in [2.05, 4.69) is 19.6 Å². The van der Waals surface area contributed by atoms with E-state index in [1.165, 1.54) is 7.11 Å². The Kier molecular flexibility index (Phi) is 7.73. The molecule has 0 spiro atoms. The summed E-state index contributed by atoms with van der Waals surface area (Å²) in [6.07, 6.45) is 2.31. The molecule has 0 radical (unpaired) electrons. The van der Waals surface area contributed by atoms with Gasteiger partial charge in [-0.1, -0.05) is 0 Å². The minimum Gasteiger partial charge on any atom is -0.469 e. The number of amides is 1. The predicted molar refractivity (Wildman–Crippen MR) is 143 cm³/mol. The van der Waals surface area contributed by atoms with Crippen LogP contribution in [0.2, 0.25) is 0 Å². The number of rotatable bonds is 9. The number of esters is 2. The standard InChI is InChI=1S/C28H32N4O5/c1-17-19-11-12-29-26(28(35)30-13-14-31(2)3)21(19)16-22-20-15-18(9-10-23(20)32(4)27(17)22)37-25(34)8-6-7-24(33)36-5/h9-12,15-16H,6-8,13-14H2,1-5H3,(H,30,35). The lowest BCUT2D eigenvalue weighted by molar-refractivity contribution is -0.141. The molecule has 2 heterocycles. The molecule has 1 amide bonds. The Morgan fingerprint density at radius 3 is 2.49 bits per heavy atom. The zero-order valence-electron chi connectivity index (χ0n) is 21.9. The molecule has 0 bridgehead atoms. The summed E-state index contributed by atoms with van der Waals surface area (Å²) in [4.78, 5) is 43.0. The minimum atomic E-state index is -0.411. The number of likely N-dealkylation sites (N-methyl/N-ethyl adjacent to an activating group) is 1. The number of aromatic nitrogens is 2. The number of fused-ring (bicyclic) bond motifs is 4. The van der Waals surface area contributed by atoms with Crippen LogP contribution in [0.5, 0.6) is 5.75 Å². The van der Waals surface area contributed by atoms with E-state index in [-0.39, 0.29) is 24.7 Å². The molecule has 4 aromatic rings. The van der Waals surface area contributed by atoms with Gasteiger partial charge in [0.1, 0.15) is 11.4 Å². The molecule has 9 heteroatoms. The molecule has 0 atom stereocenters. The average molecular weight is 505 g/mol. The number of carbonyl (C=O) groups is 3. The first-order chi connectivity index (χ1) is 17.7. The highest BCUT2D eigenvalue weighted by Gasteiger charge is 2.19. The summed E-state index contributed by atoms with van der Waals surface area (Å²) in [5.41, 5.74) is 3.43. The highest BCUT2D eigenvalue weighted by molar-refractivity contribution is 6.17. The molecular weight excluding hydrogens is 472 g/mol. The number of nitrogens with one attached hydrogen (secondary N) is 1. The van der Waals surface area contributed by atoms with Crippen LogP contribution in [0.4, 0.5) is 0 Å². The van der Waals surface area contributed by atoms with E-state index in [1.54, 1.807) is 12.3 Å². The molecule has 0 fully saturated rings. The lowest BCUT2D eigenvalue weighted by Crippen LogP contribution is -2.31. The molecule has 37 heavy (non-hydrogen) atoms. The van der Waals surface area contributed by atoms with Crippen molar-refractivity contribution in [2.24, 2.45) is 7.05 Å². The maximum atomic E-state index is 13.0. The molecule has 194 valence electrons. The van der Waals surface area contributed by atoms with Crippen LogP contribution in [0.1, 0.15) is 35.3 Å². The Morgan fingerprint density at radius 1 is 1.00 bits per heavy atom. The van der Waals surface area contributed by atoms with Gasteiger partial charge >= 0.3 is 11.9 Å². The van der Waals surface area contributed by atoms with E-state index in [0.717, 1.165) is 44.7 Å². The smallest absolute Gasteiger partial charge is 0.311 e. The number of carbonyl (C=O) groups excluding carboxylic acids is 3. The maximum Gasteiger partial charge on any atom is 0.311 e. The molecule has 0 unspecified atom stereocenters. The minimum absolute atomic E-state index is 0.115. The summed E-state index contributed by atoms with van der Waals surface area (Å²) in [7, 11) is 7.23. The number of benzene rings is 2. The van der Waals surface area contributed by atoms with Crippen molar-refractivity contribution in [2.75, 3.05) is 34.3 Å². The number of ether oxygens (including phenoxy) is 2. The van der Waals surface area contributed by atoms with Crippen LogP contribution in [-0.4, -0.2) is 66.6 Å². The van der Waals surface area contributed by atoms with E-state index in [1.807, 2.05) is 57.2 Å². The SMILES string of the molecule is COC(=O)CCCC(=O)Oc1ccc2c(c1)c1cc3c(C(=O)NCCN(C)C)nccc3c(C)c1n2C. The number of hydrogen-bond acceptors (Lipinski definition) is 7. The largest absolute Gasteiger partial charge is 0.469 e. The molecule has 0 aliphatic rings. The lowest BCUT2D eigenvalue weighted by atomic mass is 10.00. The number of methoxy groups -OCH3 is 1. The van der Waals surface area contributed by atoms with E-state index >= 15 is 0 Å². The molecular formula is C28H32N4O5. The summed E-state index contributed by atoms with van der Waals surface area (Å²) in [5.74, 6) is -0.555. The third-order valence-electron chi connectivity index (χ3n) is 6.53. The van der Waals surface area contributed by atoms with Gasteiger partial charge in [-0.2, -0.15) is 0 Å². The third-order valence-corrected chi connectivity index (χ3v) is 6.53. The Hall–Kier alpha value is -3.98. The van der Waals surface area contributed by atoms with Crippen molar-refractivity contribution in [2.45, 2.75) is 26.2 Å². The normalized spacial score (nSPS) is 11.4. The van der Waals surface area contributed by atoms with Gasteiger partial charge in [-0.3, -0.25) is 19.4 Å². The van der Waals surface area contributed by atoms with Crippen molar-refractivity contribution in [3.63, 3.8) is 0 Å².